The summed E-state index contributed by atoms with van der Waals surface area (Å²) >= 11 is 1.59. The molecule has 6 nitrogen and oxygen atoms in total. The molecule has 2 aromatic rings. The van der Waals surface area contributed by atoms with Crippen LogP contribution in [0.5, 0.6) is 0 Å². The Balaban J connectivity index is 1.63. The number of nitrogens with zero attached hydrogens (tertiary/aromatic N) is 2. The molecule has 1 aliphatic heterocycles. The maximum atomic E-state index is 12.8. The van der Waals surface area contributed by atoms with E-state index in [1.54, 1.807) is 16.2 Å². The van der Waals surface area contributed by atoms with E-state index in [2.05, 4.69) is 5.32 Å². The number of benzene rings is 1. The first kappa shape index (κ1) is 20.1. The van der Waals surface area contributed by atoms with Crippen molar-refractivity contribution in [2.24, 2.45) is 0 Å². The Morgan fingerprint density at radius 1 is 1.36 bits per heavy atom. The van der Waals surface area contributed by atoms with Crippen LogP contribution in [0.3, 0.4) is 0 Å². The summed E-state index contributed by atoms with van der Waals surface area (Å²) < 4.78 is 38.3. The summed E-state index contributed by atoms with van der Waals surface area (Å²) in [5.41, 5.74) is -1.79. The highest BCUT2D eigenvalue weighted by Gasteiger charge is 2.33. The molecule has 1 unspecified atom stereocenters. The van der Waals surface area contributed by atoms with Crippen LogP contribution < -0.4 is 5.32 Å². The number of hydrogen-bond acceptors (Lipinski definition) is 5. The van der Waals surface area contributed by atoms with Crippen molar-refractivity contribution in [3.05, 3.63) is 56.3 Å². The second-order valence-corrected chi connectivity index (χ2v) is 7.40. The molecular formula is C18H18F3N3O3S. The van der Waals surface area contributed by atoms with E-state index in [0.29, 0.717) is 12.6 Å². The number of nitrogens with one attached hydrogen (secondary N) is 1. The third kappa shape index (κ3) is 4.44. The molecule has 1 fully saturated rings. The van der Waals surface area contributed by atoms with Crippen molar-refractivity contribution in [2.75, 3.05) is 18.4 Å². The maximum Gasteiger partial charge on any atom is 0.416 e. The Morgan fingerprint density at radius 2 is 2.14 bits per heavy atom. The van der Waals surface area contributed by atoms with Gasteiger partial charge in [0, 0.05) is 30.5 Å². The van der Waals surface area contributed by atoms with Crippen LogP contribution in [0.2, 0.25) is 0 Å². The van der Waals surface area contributed by atoms with Gasteiger partial charge in [-0.3, -0.25) is 14.9 Å². The van der Waals surface area contributed by atoms with Gasteiger partial charge in [-0.25, -0.2) is 0 Å². The van der Waals surface area contributed by atoms with E-state index >= 15 is 0 Å². The Kier molecular flexibility index (Phi) is 5.87. The molecule has 1 saturated heterocycles. The summed E-state index contributed by atoms with van der Waals surface area (Å²) in [4.78, 5) is 25.7. The van der Waals surface area contributed by atoms with Gasteiger partial charge in [0.1, 0.15) is 5.69 Å². The van der Waals surface area contributed by atoms with Gasteiger partial charge in [-0.15, -0.1) is 11.3 Å². The highest BCUT2D eigenvalue weighted by molar-refractivity contribution is 7.10. The van der Waals surface area contributed by atoms with E-state index in [1.165, 1.54) is 0 Å². The monoisotopic (exact) mass is 413 g/mol. The van der Waals surface area contributed by atoms with Gasteiger partial charge in [0.15, 0.2) is 0 Å². The number of carbonyl (C=O) groups is 1. The Labute approximate surface area is 163 Å². The predicted octanol–water partition coefficient (Wildman–Crippen LogP) is 4.84. The Bertz CT molecular complexity index is 856. The van der Waals surface area contributed by atoms with Crippen LogP contribution in [0, 0.1) is 10.1 Å². The van der Waals surface area contributed by atoms with Gasteiger partial charge in [-0.1, -0.05) is 6.07 Å². The predicted molar refractivity (Wildman–Crippen MR) is 99.2 cm³/mol. The van der Waals surface area contributed by atoms with Crippen molar-refractivity contribution in [1.82, 2.24) is 4.90 Å². The minimum absolute atomic E-state index is 0.0398. The molecule has 1 N–H and O–H groups in total. The third-order valence-electron chi connectivity index (χ3n) is 4.62. The number of hydrogen-bond donors (Lipinski definition) is 1. The van der Waals surface area contributed by atoms with E-state index in [0.717, 1.165) is 29.9 Å². The molecule has 3 rings (SSSR count). The van der Waals surface area contributed by atoms with E-state index in [4.69, 9.17) is 0 Å². The lowest BCUT2D eigenvalue weighted by Gasteiger charge is -2.24. The van der Waals surface area contributed by atoms with Gasteiger partial charge in [-0.05, 0) is 36.4 Å². The number of nitro groups is 1. The van der Waals surface area contributed by atoms with Crippen molar-refractivity contribution >= 4 is 28.6 Å². The largest absolute Gasteiger partial charge is 0.416 e. The number of carbonyl (C=O) groups excluding carboxylic acids is 1. The van der Waals surface area contributed by atoms with Crippen LogP contribution in [-0.2, 0) is 11.0 Å². The van der Waals surface area contributed by atoms with E-state index in [1.807, 2.05) is 17.5 Å². The molecule has 0 saturated carbocycles. The zero-order valence-corrected chi connectivity index (χ0v) is 15.6. The minimum Gasteiger partial charge on any atom is -0.379 e. The normalized spacial score (nSPS) is 17.0. The molecule has 0 bridgehead atoms. The number of likely N-dealkylation sites (tertiary alicyclic amines) is 1. The third-order valence-corrected chi connectivity index (χ3v) is 5.59. The molecule has 10 heteroatoms. The van der Waals surface area contributed by atoms with Crippen LogP contribution >= 0.6 is 11.3 Å². The first-order valence-corrected chi connectivity index (χ1v) is 9.57. The average Bonchev–Trinajstić information content (AvgIpc) is 3.31. The quantitative estimate of drug-likeness (QED) is 0.543. The Morgan fingerprint density at radius 3 is 2.79 bits per heavy atom. The van der Waals surface area contributed by atoms with Gasteiger partial charge in [0.25, 0.3) is 5.69 Å². The van der Waals surface area contributed by atoms with Gasteiger partial charge in [0.05, 0.1) is 16.5 Å². The zero-order valence-electron chi connectivity index (χ0n) is 14.7. The SMILES string of the molecule is O=C(CCNc1ccc(C(F)(F)F)cc1[N+](=O)[O-])N1CCCC1c1cccs1. The number of nitro benzene ring substituents is 1. The molecule has 0 radical (unpaired) electrons. The van der Waals surface area contributed by atoms with Gasteiger partial charge >= 0.3 is 6.18 Å². The van der Waals surface area contributed by atoms with Crippen molar-refractivity contribution < 1.29 is 22.9 Å². The first-order chi connectivity index (χ1) is 13.3. The molecule has 0 spiro atoms. The fourth-order valence-electron chi connectivity index (χ4n) is 3.30. The smallest absolute Gasteiger partial charge is 0.379 e. The molecule has 1 aromatic heterocycles. The van der Waals surface area contributed by atoms with Crippen molar-refractivity contribution in [2.45, 2.75) is 31.5 Å². The van der Waals surface area contributed by atoms with Crippen LogP contribution in [0.4, 0.5) is 24.5 Å². The van der Waals surface area contributed by atoms with Gasteiger partial charge < -0.3 is 10.2 Å². The zero-order chi connectivity index (χ0) is 20.3. The standard InChI is InChI=1S/C18H18F3N3O3S/c19-18(20,21)12-5-6-13(15(11-12)24(26)27)22-8-7-17(25)23-9-1-3-14(23)16-4-2-10-28-16/h2,4-6,10-11,14,22H,1,3,7-9H2. The summed E-state index contributed by atoms with van der Waals surface area (Å²) in [6.07, 6.45) is -2.76. The summed E-state index contributed by atoms with van der Waals surface area (Å²) in [6.45, 7) is 0.751. The second-order valence-electron chi connectivity index (χ2n) is 6.42. The summed E-state index contributed by atoms with van der Waals surface area (Å²) in [6, 6.07) is 6.28. The number of halogens is 3. The fourth-order valence-corrected chi connectivity index (χ4v) is 4.17. The Hall–Kier alpha value is -2.62. The van der Waals surface area contributed by atoms with Crippen LogP contribution in [0.1, 0.15) is 35.7 Å². The number of thiophene rings is 1. The van der Waals surface area contributed by atoms with E-state index < -0.39 is 22.4 Å². The topological polar surface area (TPSA) is 75.5 Å². The van der Waals surface area contributed by atoms with Crippen LogP contribution in [-0.4, -0.2) is 28.8 Å². The molecule has 28 heavy (non-hydrogen) atoms. The molecule has 0 aliphatic carbocycles. The van der Waals surface area contributed by atoms with Crippen molar-refractivity contribution in [1.29, 1.82) is 0 Å². The second kappa shape index (κ2) is 8.17. The summed E-state index contributed by atoms with van der Waals surface area (Å²) in [5, 5.41) is 15.8. The summed E-state index contributed by atoms with van der Waals surface area (Å²) in [5.74, 6) is -0.0852. The summed E-state index contributed by atoms with van der Waals surface area (Å²) in [7, 11) is 0. The molecular weight excluding hydrogens is 395 g/mol. The molecule has 1 atom stereocenters. The molecule has 1 amide bonds. The molecule has 1 aliphatic rings. The lowest BCUT2D eigenvalue weighted by Crippen LogP contribution is -2.31. The van der Waals surface area contributed by atoms with Crippen molar-refractivity contribution in [3.63, 3.8) is 0 Å². The average molecular weight is 413 g/mol. The van der Waals surface area contributed by atoms with Gasteiger partial charge in [-0.2, -0.15) is 13.2 Å². The van der Waals surface area contributed by atoms with Gasteiger partial charge in [0.2, 0.25) is 5.91 Å². The lowest BCUT2D eigenvalue weighted by atomic mass is 10.1. The fraction of sp³-hybridized carbons (Fsp3) is 0.389. The number of anilines is 1. The lowest BCUT2D eigenvalue weighted by molar-refractivity contribution is -0.384. The highest BCUT2D eigenvalue weighted by Crippen LogP contribution is 2.36. The maximum absolute atomic E-state index is 12.8. The van der Waals surface area contributed by atoms with Crippen LogP contribution in [0.15, 0.2) is 35.7 Å². The van der Waals surface area contributed by atoms with E-state index in [9.17, 15) is 28.1 Å². The number of rotatable bonds is 6. The highest BCUT2D eigenvalue weighted by atomic mass is 32.1. The van der Waals surface area contributed by atoms with Crippen molar-refractivity contribution in [3.8, 4) is 0 Å². The number of alkyl halides is 3. The minimum atomic E-state index is -4.66. The number of amides is 1. The van der Waals surface area contributed by atoms with Crippen LogP contribution in [0.25, 0.3) is 0 Å². The molecule has 1 aromatic carbocycles. The molecule has 150 valence electrons. The van der Waals surface area contributed by atoms with E-state index in [-0.39, 0.29) is 30.6 Å². The molecule has 2 heterocycles. The first-order valence-electron chi connectivity index (χ1n) is 8.70.